The van der Waals surface area contributed by atoms with Crippen molar-refractivity contribution in [3.63, 3.8) is 0 Å². The predicted molar refractivity (Wildman–Crippen MR) is 138 cm³/mol. The maximum atomic E-state index is 12.4. The summed E-state index contributed by atoms with van der Waals surface area (Å²) < 4.78 is 31.7. The SMILES string of the molecule is N#C/C(=C\c1ccc2c(c1)OCO2)C(=O)OCc1ccc(COC(=O)/C(C#N)=C/c2ccc3c(c2)OCO3)cc1. The van der Waals surface area contributed by atoms with Gasteiger partial charge < -0.3 is 28.4 Å². The second-order valence-electron chi connectivity index (χ2n) is 8.53. The molecule has 40 heavy (non-hydrogen) atoms. The van der Waals surface area contributed by atoms with Crippen molar-refractivity contribution in [1.82, 2.24) is 0 Å². The molecule has 198 valence electrons. The van der Waals surface area contributed by atoms with Crippen LogP contribution in [0.25, 0.3) is 12.2 Å². The largest absolute Gasteiger partial charge is 0.457 e. The first kappa shape index (κ1) is 25.9. The van der Waals surface area contributed by atoms with Crippen LogP contribution in [0.4, 0.5) is 0 Å². The zero-order chi connectivity index (χ0) is 27.9. The van der Waals surface area contributed by atoms with Crippen LogP contribution in [-0.2, 0) is 32.3 Å². The number of fused-ring (bicyclic) bond motifs is 2. The maximum Gasteiger partial charge on any atom is 0.349 e. The zero-order valence-corrected chi connectivity index (χ0v) is 20.9. The van der Waals surface area contributed by atoms with E-state index in [1.165, 1.54) is 12.2 Å². The average Bonchev–Trinajstić information content (AvgIpc) is 3.65. The first-order valence-electron chi connectivity index (χ1n) is 12.0. The molecule has 0 unspecified atom stereocenters. The van der Waals surface area contributed by atoms with E-state index < -0.39 is 11.9 Å². The predicted octanol–water partition coefficient (Wildman–Crippen LogP) is 4.44. The Morgan fingerprint density at radius 3 is 1.45 bits per heavy atom. The lowest BCUT2D eigenvalue weighted by Crippen LogP contribution is -2.08. The molecule has 0 aliphatic carbocycles. The number of hydrogen-bond donors (Lipinski definition) is 0. The summed E-state index contributed by atoms with van der Waals surface area (Å²) in [6, 6.07) is 20.7. The lowest BCUT2D eigenvalue weighted by molar-refractivity contribution is -0.140. The normalized spacial score (nSPS) is 13.2. The molecule has 10 nitrogen and oxygen atoms in total. The maximum absolute atomic E-state index is 12.4. The third-order valence-corrected chi connectivity index (χ3v) is 5.86. The van der Waals surface area contributed by atoms with Gasteiger partial charge in [-0.15, -0.1) is 0 Å². The molecule has 10 heteroatoms. The Labute approximate surface area is 228 Å². The van der Waals surface area contributed by atoms with Gasteiger partial charge in [0.2, 0.25) is 13.6 Å². The van der Waals surface area contributed by atoms with Gasteiger partial charge in [0.1, 0.15) is 36.5 Å². The lowest BCUT2D eigenvalue weighted by Gasteiger charge is -2.07. The van der Waals surface area contributed by atoms with Crippen LogP contribution in [-0.4, -0.2) is 25.5 Å². The van der Waals surface area contributed by atoms with E-state index in [1.807, 2.05) is 12.1 Å². The van der Waals surface area contributed by atoms with Crippen LogP contribution in [0.15, 0.2) is 71.8 Å². The average molecular weight is 536 g/mol. The minimum absolute atomic E-state index is 0.0596. The molecule has 0 radical (unpaired) electrons. The molecular weight excluding hydrogens is 516 g/mol. The summed E-state index contributed by atoms with van der Waals surface area (Å²) in [4.78, 5) is 24.9. The molecule has 5 rings (SSSR count). The van der Waals surface area contributed by atoms with Crippen LogP contribution >= 0.6 is 0 Å². The number of esters is 2. The highest BCUT2D eigenvalue weighted by molar-refractivity contribution is 5.98. The zero-order valence-electron chi connectivity index (χ0n) is 20.9. The van der Waals surface area contributed by atoms with Crippen molar-refractivity contribution in [2.75, 3.05) is 13.6 Å². The van der Waals surface area contributed by atoms with E-state index >= 15 is 0 Å². The molecule has 0 saturated heterocycles. The summed E-state index contributed by atoms with van der Waals surface area (Å²) in [6.07, 6.45) is 2.83. The van der Waals surface area contributed by atoms with Gasteiger partial charge in [-0.25, -0.2) is 9.59 Å². The molecular formula is C30H20N2O8. The second kappa shape index (κ2) is 11.8. The molecule has 0 bridgehead atoms. The summed E-state index contributed by atoms with van der Waals surface area (Å²) in [5, 5.41) is 18.8. The summed E-state index contributed by atoms with van der Waals surface area (Å²) in [7, 11) is 0. The fraction of sp³-hybridized carbons (Fsp3) is 0.133. The molecule has 0 spiro atoms. The number of rotatable bonds is 8. The molecule has 2 aliphatic rings. The summed E-state index contributed by atoms with van der Waals surface area (Å²) in [5.41, 5.74) is 2.21. The summed E-state index contributed by atoms with van der Waals surface area (Å²) in [6.45, 7) is 0.125. The van der Waals surface area contributed by atoms with Crippen molar-refractivity contribution in [2.24, 2.45) is 0 Å². The molecule has 0 atom stereocenters. The van der Waals surface area contributed by atoms with Crippen molar-refractivity contribution in [1.29, 1.82) is 10.5 Å². The van der Waals surface area contributed by atoms with E-state index in [-0.39, 0.29) is 37.9 Å². The Hall–Kier alpha value is -5.74. The van der Waals surface area contributed by atoms with E-state index in [0.717, 1.165) is 0 Å². The molecule has 2 heterocycles. The highest BCUT2D eigenvalue weighted by atomic mass is 16.7. The Bertz CT molecular complexity index is 1490. The van der Waals surface area contributed by atoms with Crippen LogP contribution in [0.2, 0.25) is 0 Å². The van der Waals surface area contributed by atoms with Crippen LogP contribution in [0.5, 0.6) is 23.0 Å². The molecule has 0 N–H and O–H groups in total. The van der Waals surface area contributed by atoms with Crippen molar-refractivity contribution in [3.8, 4) is 35.1 Å². The van der Waals surface area contributed by atoms with E-state index in [1.54, 1.807) is 60.7 Å². The third kappa shape index (κ3) is 6.04. The smallest absolute Gasteiger partial charge is 0.349 e. The lowest BCUT2D eigenvalue weighted by atomic mass is 10.1. The van der Waals surface area contributed by atoms with Gasteiger partial charge in [-0.05, 0) is 58.7 Å². The Morgan fingerprint density at radius 2 is 1.05 bits per heavy atom. The molecule has 0 fully saturated rings. The van der Waals surface area contributed by atoms with Gasteiger partial charge >= 0.3 is 11.9 Å². The number of carbonyl (C=O) groups excluding carboxylic acids is 2. The Kier molecular flexibility index (Phi) is 7.61. The van der Waals surface area contributed by atoms with E-state index in [2.05, 4.69) is 0 Å². The monoisotopic (exact) mass is 536 g/mol. The Balaban J connectivity index is 1.13. The minimum atomic E-state index is -0.767. The van der Waals surface area contributed by atoms with Gasteiger partial charge in [0.25, 0.3) is 0 Å². The number of carbonyl (C=O) groups is 2. The summed E-state index contributed by atoms with van der Waals surface area (Å²) >= 11 is 0. The fourth-order valence-electron chi connectivity index (χ4n) is 3.80. The quantitative estimate of drug-likeness (QED) is 0.231. The highest BCUT2D eigenvalue weighted by Gasteiger charge is 2.17. The van der Waals surface area contributed by atoms with Gasteiger partial charge in [-0.1, -0.05) is 36.4 Å². The number of nitriles is 2. The minimum Gasteiger partial charge on any atom is -0.457 e. The van der Waals surface area contributed by atoms with Crippen LogP contribution in [0.1, 0.15) is 22.3 Å². The van der Waals surface area contributed by atoms with Gasteiger partial charge in [0.05, 0.1) is 0 Å². The second-order valence-corrected chi connectivity index (χ2v) is 8.53. The van der Waals surface area contributed by atoms with Crippen LogP contribution < -0.4 is 18.9 Å². The van der Waals surface area contributed by atoms with Crippen molar-refractivity contribution in [2.45, 2.75) is 13.2 Å². The molecule has 3 aromatic rings. The molecule has 0 aromatic heterocycles. The first-order valence-corrected chi connectivity index (χ1v) is 12.0. The standard InChI is InChI=1S/C30H20N2O8/c31-13-23(9-21-5-7-25-27(11-21)39-17-37-25)29(33)35-15-19-1-2-20(4-3-19)16-36-30(34)24(14-32)10-22-6-8-26-28(12-22)40-18-38-26/h1-12H,15-18H2/b23-9+,24-10+. The number of hydrogen-bond acceptors (Lipinski definition) is 10. The topological polar surface area (TPSA) is 137 Å². The van der Waals surface area contributed by atoms with Gasteiger partial charge in [0.15, 0.2) is 23.0 Å². The van der Waals surface area contributed by atoms with Gasteiger partial charge in [-0.2, -0.15) is 10.5 Å². The Morgan fingerprint density at radius 1 is 0.650 bits per heavy atom. The fourth-order valence-corrected chi connectivity index (χ4v) is 3.80. The molecule has 0 amide bonds. The third-order valence-electron chi connectivity index (χ3n) is 5.86. The molecule has 3 aromatic carbocycles. The highest BCUT2D eigenvalue weighted by Crippen LogP contribution is 2.34. The number of benzene rings is 3. The van der Waals surface area contributed by atoms with E-state index in [0.29, 0.717) is 45.3 Å². The number of ether oxygens (including phenoxy) is 6. The van der Waals surface area contributed by atoms with Crippen molar-refractivity contribution >= 4 is 24.1 Å². The van der Waals surface area contributed by atoms with Gasteiger partial charge in [0, 0.05) is 0 Å². The number of nitrogens with zero attached hydrogens (tertiary/aromatic N) is 2. The van der Waals surface area contributed by atoms with Crippen molar-refractivity contribution < 1.29 is 38.0 Å². The first-order chi connectivity index (χ1) is 19.5. The van der Waals surface area contributed by atoms with E-state index in [4.69, 9.17) is 28.4 Å². The molecule has 2 aliphatic heterocycles. The summed E-state index contributed by atoms with van der Waals surface area (Å²) in [5.74, 6) is 0.733. The van der Waals surface area contributed by atoms with Gasteiger partial charge in [-0.3, -0.25) is 0 Å². The molecule has 0 saturated carbocycles. The van der Waals surface area contributed by atoms with Crippen LogP contribution in [0.3, 0.4) is 0 Å². The van der Waals surface area contributed by atoms with Crippen molar-refractivity contribution in [3.05, 3.63) is 94.1 Å². The van der Waals surface area contributed by atoms with E-state index in [9.17, 15) is 20.1 Å². The van der Waals surface area contributed by atoms with Crippen LogP contribution in [0, 0.1) is 22.7 Å².